The fourth-order valence-corrected chi connectivity index (χ4v) is 2.48. The Morgan fingerprint density at radius 3 is 2.85 bits per heavy atom. The second kappa shape index (κ2) is 6.58. The van der Waals surface area contributed by atoms with Crippen LogP contribution in [0.2, 0.25) is 0 Å². The average molecular weight is 272 g/mol. The molecule has 1 aromatic heterocycles. The SMILES string of the molecule is c1ccc(Cn2nnnc2CN2CCCNCC2)cc1. The van der Waals surface area contributed by atoms with Crippen molar-refractivity contribution in [2.75, 3.05) is 26.2 Å². The summed E-state index contributed by atoms with van der Waals surface area (Å²) in [7, 11) is 0. The van der Waals surface area contributed by atoms with Crippen molar-refractivity contribution in [1.29, 1.82) is 0 Å². The highest BCUT2D eigenvalue weighted by atomic mass is 15.5. The van der Waals surface area contributed by atoms with Gasteiger partial charge in [-0.1, -0.05) is 30.3 Å². The first-order valence-corrected chi connectivity index (χ1v) is 7.14. The Balaban J connectivity index is 1.67. The van der Waals surface area contributed by atoms with E-state index in [1.807, 2.05) is 22.9 Å². The van der Waals surface area contributed by atoms with Crippen molar-refractivity contribution in [2.24, 2.45) is 0 Å². The molecule has 6 nitrogen and oxygen atoms in total. The molecular weight excluding hydrogens is 252 g/mol. The third-order valence-corrected chi connectivity index (χ3v) is 3.58. The summed E-state index contributed by atoms with van der Waals surface area (Å²) in [6.07, 6.45) is 1.18. The molecule has 0 bridgehead atoms. The van der Waals surface area contributed by atoms with Gasteiger partial charge in [-0.05, 0) is 35.5 Å². The summed E-state index contributed by atoms with van der Waals surface area (Å²) in [5, 5.41) is 15.5. The normalized spacial score (nSPS) is 17.0. The number of hydrogen-bond acceptors (Lipinski definition) is 5. The maximum Gasteiger partial charge on any atom is 0.165 e. The first kappa shape index (κ1) is 13.2. The molecule has 1 aliphatic heterocycles. The lowest BCUT2D eigenvalue weighted by Gasteiger charge is -2.18. The summed E-state index contributed by atoms with van der Waals surface area (Å²) < 4.78 is 1.90. The van der Waals surface area contributed by atoms with E-state index in [2.05, 4.69) is 37.9 Å². The van der Waals surface area contributed by atoms with Crippen LogP contribution in [0.1, 0.15) is 17.8 Å². The minimum atomic E-state index is 0.731. The fraction of sp³-hybridized carbons (Fsp3) is 0.500. The van der Waals surface area contributed by atoms with Crippen LogP contribution in [0.25, 0.3) is 0 Å². The third kappa shape index (κ3) is 3.40. The molecule has 3 rings (SSSR count). The number of rotatable bonds is 4. The van der Waals surface area contributed by atoms with E-state index in [1.54, 1.807) is 0 Å². The Morgan fingerprint density at radius 2 is 1.95 bits per heavy atom. The first-order chi connectivity index (χ1) is 9.92. The lowest BCUT2D eigenvalue weighted by Crippen LogP contribution is -2.29. The number of hydrogen-bond donors (Lipinski definition) is 1. The van der Waals surface area contributed by atoms with Crippen molar-refractivity contribution in [3.05, 3.63) is 41.7 Å². The number of benzene rings is 1. The maximum absolute atomic E-state index is 4.18. The highest BCUT2D eigenvalue weighted by Gasteiger charge is 2.13. The quantitative estimate of drug-likeness (QED) is 0.879. The zero-order valence-corrected chi connectivity index (χ0v) is 11.6. The van der Waals surface area contributed by atoms with E-state index in [-0.39, 0.29) is 0 Å². The van der Waals surface area contributed by atoms with Crippen molar-refractivity contribution < 1.29 is 0 Å². The van der Waals surface area contributed by atoms with Gasteiger partial charge in [-0.15, -0.1) is 5.10 Å². The molecule has 20 heavy (non-hydrogen) atoms. The molecule has 0 unspecified atom stereocenters. The zero-order valence-electron chi connectivity index (χ0n) is 11.6. The highest BCUT2D eigenvalue weighted by Crippen LogP contribution is 2.06. The van der Waals surface area contributed by atoms with Gasteiger partial charge in [0, 0.05) is 13.1 Å². The molecule has 106 valence electrons. The number of aromatic nitrogens is 4. The van der Waals surface area contributed by atoms with E-state index in [9.17, 15) is 0 Å². The van der Waals surface area contributed by atoms with Crippen LogP contribution in [0, 0.1) is 0 Å². The van der Waals surface area contributed by atoms with E-state index in [4.69, 9.17) is 0 Å². The Labute approximate surface area is 118 Å². The molecule has 1 aliphatic rings. The van der Waals surface area contributed by atoms with Gasteiger partial charge < -0.3 is 5.32 Å². The number of tetrazole rings is 1. The molecule has 0 aliphatic carbocycles. The molecular formula is C14H20N6. The minimum absolute atomic E-state index is 0.731. The van der Waals surface area contributed by atoms with Crippen molar-refractivity contribution in [3.63, 3.8) is 0 Å². The van der Waals surface area contributed by atoms with E-state index < -0.39 is 0 Å². The van der Waals surface area contributed by atoms with Crippen molar-refractivity contribution in [1.82, 2.24) is 30.4 Å². The summed E-state index contributed by atoms with van der Waals surface area (Å²) in [5.41, 5.74) is 1.22. The summed E-state index contributed by atoms with van der Waals surface area (Å²) in [5.74, 6) is 0.941. The van der Waals surface area contributed by atoms with Crippen LogP contribution >= 0.6 is 0 Å². The summed E-state index contributed by atoms with van der Waals surface area (Å²) in [4.78, 5) is 2.41. The van der Waals surface area contributed by atoms with Gasteiger partial charge in [-0.25, -0.2) is 4.68 Å². The van der Waals surface area contributed by atoms with Crippen LogP contribution in [-0.4, -0.2) is 51.3 Å². The standard InChI is InChI=1S/C14H20N6/c1-2-5-13(6-3-1)11-20-14(16-17-18-20)12-19-9-4-7-15-8-10-19/h1-3,5-6,15H,4,7-12H2. The Hall–Kier alpha value is -1.79. The Morgan fingerprint density at radius 1 is 1.05 bits per heavy atom. The fourth-order valence-electron chi connectivity index (χ4n) is 2.48. The Kier molecular flexibility index (Phi) is 4.35. The van der Waals surface area contributed by atoms with E-state index in [0.29, 0.717) is 0 Å². The lowest BCUT2D eigenvalue weighted by molar-refractivity contribution is 0.272. The molecule has 0 saturated carbocycles. The van der Waals surface area contributed by atoms with Crippen LogP contribution in [-0.2, 0) is 13.1 Å². The van der Waals surface area contributed by atoms with Gasteiger partial charge >= 0.3 is 0 Å². The molecule has 0 atom stereocenters. The number of nitrogens with zero attached hydrogens (tertiary/aromatic N) is 5. The summed E-state index contributed by atoms with van der Waals surface area (Å²) >= 11 is 0. The van der Waals surface area contributed by atoms with Crippen molar-refractivity contribution in [2.45, 2.75) is 19.5 Å². The summed E-state index contributed by atoms with van der Waals surface area (Å²) in [6, 6.07) is 10.3. The van der Waals surface area contributed by atoms with Crippen molar-refractivity contribution in [3.8, 4) is 0 Å². The van der Waals surface area contributed by atoms with Gasteiger partial charge in [0.25, 0.3) is 0 Å². The molecule has 1 aromatic carbocycles. The van der Waals surface area contributed by atoms with Gasteiger partial charge in [0.2, 0.25) is 0 Å². The van der Waals surface area contributed by atoms with Gasteiger partial charge in [0.05, 0.1) is 13.1 Å². The molecule has 1 saturated heterocycles. The van der Waals surface area contributed by atoms with Crippen LogP contribution < -0.4 is 5.32 Å². The zero-order chi connectivity index (χ0) is 13.6. The number of nitrogens with one attached hydrogen (secondary N) is 1. The van der Waals surface area contributed by atoms with E-state index in [0.717, 1.165) is 45.1 Å². The molecule has 0 spiro atoms. The van der Waals surface area contributed by atoms with Gasteiger partial charge in [0.1, 0.15) is 0 Å². The van der Waals surface area contributed by atoms with Crippen LogP contribution in [0.15, 0.2) is 30.3 Å². The smallest absolute Gasteiger partial charge is 0.165 e. The van der Waals surface area contributed by atoms with Gasteiger partial charge in [-0.3, -0.25) is 4.90 Å². The van der Waals surface area contributed by atoms with Gasteiger partial charge in [0.15, 0.2) is 5.82 Å². The predicted molar refractivity (Wildman–Crippen MR) is 76.1 cm³/mol. The molecule has 1 N–H and O–H groups in total. The average Bonchev–Trinajstić information content (AvgIpc) is 2.74. The van der Waals surface area contributed by atoms with Crippen LogP contribution in [0.5, 0.6) is 0 Å². The van der Waals surface area contributed by atoms with Gasteiger partial charge in [-0.2, -0.15) is 0 Å². The molecule has 0 radical (unpaired) electrons. The Bertz CT molecular complexity index is 515. The highest BCUT2D eigenvalue weighted by molar-refractivity contribution is 5.14. The van der Waals surface area contributed by atoms with Crippen LogP contribution in [0.3, 0.4) is 0 Å². The minimum Gasteiger partial charge on any atom is -0.315 e. The summed E-state index contributed by atoms with van der Waals surface area (Å²) in [6.45, 7) is 5.85. The van der Waals surface area contributed by atoms with E-state index in [1.165, 1.54) is 12.0 Å². The van der Waals surface area contributed by atoms with Crippen molar-refractivity contribution >= 4 is 0 Å². The third-order valence-electron chi connectivity index (χ3n) is 3.58. The predicted octanol–water partition coefficient (Wildman–Crippen LogP) is 0.517. The lowest BCUT2D eigenvalue weighted by atomic mass is 10.2. The molecule has 0 amide bonds. The maximum atomic E-state index is 4.18. The first-order valence-electron chi connectivity index (χ1n) is 7.14. The second-order valence-electron chi connectivity index (χ2n) is 5.12. The second-order valence-corrected chi connectivity index (χ2v) is 5.12. The largest absolute Gasteiger partial charge is 0.315 e. The molecule has 6 heteroatoms. The van der Waals surface area contributed by atoms with Crippen LogP contribution in [0.4, 0.5) is 0 Å². The molecule has 2 aromatic rings. The molecule has 1 fully saturated rings. The topological polar surface area (TPSA) is 58.9 Å². The van der Waals surface area contributed by atoms with E-state index >= 15 is 0 Å². The monoisotopic (exact) mass is 272 g/mol. The molecule has 2 heterocycles.